The number of fused-ring (bicyclic) bond motifs is 1. The van der Waals surface area contributed by atoms with Crippen LogP contribution in [0.4, 0.5) is 5.69 Å². The number of nitriles is 1. The normalized spacial score (nSPS) is 20.6. The molecule has 0 fully saturated rings. The lowest BCUT2D eigenvalue weighted by Gasteiger charge is -2.15. The van der Waals surface area contributed by atoms with E-state index in [4.69, 9.17) is 11.0 Å². The number of anilines is 1. The van der Waals surface area contributed by atoms with Gasteiger partial charge in [-0.25, -0.2) is 0 Å². The number of nitrogens with two attached hydrogens (primary N) is 1. The van der Waals surface area contributed by atoms with Crippen molar-refractivity contribution < 1.29 is 0 Å². The van der Waals surface area contributed by atoms with Crippen molar-refractivity contribution in [3.05, 3.63) is 65.2 Å². The van der Waals surface area contributed by atoms with Crippen molar-refractivity contribution in [1.82, 2.24) is 0 Å². The van der Waals surface area contributed by atoms with Gasteiger partial charge in [0.1, 0.15) is 0 Å². The van der Waals surface area contributed by atoms with Crippen LogP contribution in [-0.2, 0) is 0 Å². The molecule has 0 aromatic heterocycles. The van der Waals surface area contributed by atoms with Gasteiger partial charge in [-0.1, -0.05) is 30.3 Å². The molecule has 2 unspecified atom stereocenters. The molecule has 3 N–H and O–H groups in total. The minimum Gasteiger partial charge on any atom is -0.378 e. The summed E-state index contributed by atoms with van der Waals surface area (Å²) < 4.78 is 0. The Morgan fingerprint density at radius 3 is 2.68 bits per heavy atom. The first-order valence-corrected chi connectivity index (χ1v) is 6.39. The van der Waals surface area contributed by atoms with Gasteiger partial charge in [0.05, 0.1) is 17.7 Å². The fourth-order valence-corrected chi connectivity index (χ4v) is 2.69. The molecule has 1 aliphatic rings. The highest BCUT2D eigenvalue weighted by Gasteiger charge is 2.27. The van der Waals surface area contributed by atoms with Gasteiger partial charge in [-0.2, -0.15) is 5.26 Å². The van der Waals surface area contributed by atoms with Gasteiger partial charge in [-0.15, -0.1) is 0 Å². The molecule has 0 saturated heterocycles. The molecule has 0 spiro atoms. The first-order valence-electron chi connectivity index (χ1n) is 6.39. The van der Waals surface area contributed by atoms with Gasteiger partial charge in [-0.05, 0) is 35.7 Å². The fourth-order valence-electron chi connectivity index (χ4n) is 2.69. The summed E-state index contributed by atoms with van der Waals surface area (Å²) >= 11 is 0. The predicted molar refractivity (Wildman–Crippen MR) is 75.5 cm³/mol. The summed E-state index contributed by atoms with van der Waals surface area (Å²) in [5.41, 5.74) is 10.3. The van der Waals surface area contributed by atoms with Gasteiger partial charge < -0.3 is 11.1 Å². The van der Waals surface area contributed by atoms with Crippen LogP contribution < -0.4 is 11.1 Å². The maximum absolute atomic E-state index is 8.92. The van der Waals surface area contributed by atoms with Crippen LogP contribution in [0.5, 0.6) is 0 Å². The van der Waals surface area contributed by atoms with E-state index >= 15 is 0 Å². The van der Waals surface area contributed by atoms with Crippen molar-refractivity contribution in [3.8, 4) is 6.07 Å². The second kappa shape index (κ2) is 4.75. The van der Waals surface area contributed by atoms with Crippen LogP contribution in [-0.4, -0.2) is 0 Å². The maximum atomic E-state index is 8.92. The number of hydrogen-bond acceptors (Lipinski definition) is 3. The predicted octanol–water partition coefficient (Wildman–Crippen LogP) is 3.11. The Morgan fingerprint density at radius 1 is 1.11 bits per heavy atom. The Morgan fingerprint density at radius 2 is 1.89 bits per heavy atom. The van der Waals surface area contributed by atoms with Crippen LogP contribution in [0.3, 0.4) is 0 Å². The molecule has 2 aromatic rings. The average Bonchev–Trinajstić information content (AvgIpc) is 2.76. The van der Waals surface area contributed by atoms with E-state index in [1.807, 2.05) is 30.3 Å². The van der Waals surface area contributed by atoms with E-state index in [0.717, 1.165) is 12.1 Å². The van der Waals surface area contributed by atoms with Crippen molar-refractivity contribution in [2.24, 2.45) is 5.73 Å². The summed E-state index contributed by atoms with van der Waals surface area (Å²) in [6.07, 6.45) is 0.885. The molecule has 0 aliphatic heterocycles. The molecule has 3 heteroatoms. The summed E-state index contributed by atoms with van der Waals surface area (Å²) in [6.45, 7) is 0. The minimum atomic E-state index is 0.0906. The highest BCUT2D eigenvalue weighted by molar-refractivity contribution is 5.52. The van der Waals surface area contributed by atoms with Crippen molar-refractivity contribution in [2.45, 2.75) is 18.5 Å². The Hall–Kier alpha value is -2.31. The summed E-state index contributed by atoms with van der Waals surface area (Å²) in [4.78, 5) is 0. The summed E-state index contributed by atoms with van der Waals surface area (Å²) in [7, 11) is 0. The van der Waals surface area contributed by atoms with E-state index in [2.05, 4.69) is 23.5 Å². The molecule has 2 aromatic carbocycles. The standard InChI is InChI=1S/C16H15N3/c17-10-11-4-3-5-12(8-11)19-16-9-15(18)13-6-1-2-7-14(13)16/h1-8,15-16,19H,9,18H2. The molecule has 0 radical (unpaired) electrons. The highest BCUT2D eigenvalue weighted by atomic mass is 14.9. The molecule has 94 valence electrons. The van der Waals surface area contributed by atoms with Gasteiger partial charge in [0.15, 0.2) is 0 Å². The van der Waals surface area contributed by atoms with Gasteiger partial charge in [0.2, 0.25) is 0 Å². The van der Waals surface area contributed by atoms with Crippen molar-refractivity contribution in [2.75, 3.05) is 5.32 Å². The van der Waals surface area contributed by atoms with Crippen LogP contribution >= 0.6 is 0 Å². The molecule has 0 saturated carbocycles. The van der Waals surface area contributed by atoms with Crippen LogP contribution in [0.15, 0.2) is 48.5 Å². The summed E-state index contributed by atoms with van der Waals surface area (Å²) in [5.74, 6) is 0. The molecule has 19 heavy (non-hydrogen) atoms. The van der Waals surface area contributed by atoms with E-state index < -0.39 is 0 Å². The van der Waals surface area contributed by atoms with E-state index in [1.165, 1.54) is 11.1 Å². The molecule has 0 bridgehead atoms. The van der Waals surface area contributed by atoms with Gasteiger partial charge in [0.25, 0.3) is 0 Å². The number of rotatable bonds is 2. The lowest BCUT2D eigenvalue weighted by atomic mass is 10.1. The van der Waals surface area contributed by atoms with E-state index in [-0.39, 0.29) is 12.1 Å². The Kier molecular flexibility index (Phi) is 2.94. The largest absolute Gasteiger partial charge is 0.378 e. The molecule has 0 amide bonds. The van der Waals surface area contributed by atoms with Crippen molar-refractivity contribution in [3.63, 3.8) is 0 Å². The molecule has 2 atom stereocenters. The zero-order valence-corrected chi connectivity index (χ0v) is 10.5. The lowest BCUT2D eigenvalue weighted by molar-refractivity contribution is 0.648. The number of nitrogens with one attached hydrogen (secondary N) is 1. The number of hydrogen-bond donors (Lipinski definition) is 2. The summed E-state index contributed by atoms with van der Waals surface area (Å²) in [6, 6.07) is 18.3. The van der Waals surface area contributed by atoms with Crippen LogP contribution in [0, 0.1) is 11.3 Å². The van der Waals surface area contributed by atoms with Gasteiger partial charge in [-0.3, -0.25) is 0 Å². The Labute approximate surface area is 112 Å². The second-order valence-electron chi connectivity index (χ2n) is 4.86. The minimum absolute atomic E-state index is 0.0906. The SMILES string of the molecule is N#Cc1cccc(NC2CC(N)c3ccccc32)c1. The van der Waals surface area contributed by atoms with Crippen LogP contribution in [0.25, 0.3) is 0 Å². The Bertz CT molecular complexity index is 642. The third kappa shape index (κ3) is 2.18. The highest BCUT2D eigenvalue weighted by Crippen LogP contribution is 2.39. The zero-order valence-electron chi connectivity index (χ0n) is 10.5. The molecule has 3 rings (SSSR count). The molecular formula is C16H15N3. The number of benzene rings is 2. The maximum Gasteiger partial charge on any atom is 0.0992 e. The van der Waals surface area contributed by atoms with E-state index in [1.54, 1.807) is 6.07 Å². The summed E-state index contributed by atoms with van der Waals surface area (Å²) in [5, 5.41) is 12.4. The molecule has 3 nitrogen and oxygen atoms in total. The molecular weight excluding hydrogens is 234 g/mol. The van der Waals surface area contributed by atoms with Crippen molar-refractivity contribution >= 4 is 5.69 Å². The molecule has 0 heterocycles. The lowest BCUT2D eigenvalue weighted by Crippen LogP contribution is -2.10. The monoisotopic (exact) mass is 249 g/mol. The molecule has 1 aliphatic carbocycles. The van der Waals surface area contributed by atoms with Gasteiger partial charge in [0, 0.05) is 11.7 Å². The van der Waals surface area contributed by atoms with E-state index in [0.29, 0.717) is 5.56 Å². The topological polar surface area (TPSA) is 61.8 Å². The van der Waals surface area contributed by atoms with Crippen LogP contribution in [0.1, 0.15) is 35.2 Å². The number of nitrogens with zero attached hydrogens (tertiary/aromatic N) is 1. The van der Waals surface area contributed by atoms with Gasteiger partial charge >= 0.3 is 0 Å². The first kappa shape index (κ1) is 11.8. The quantitative estimate of drug-likeness (QED) is 0.859. The van der Waals surface area contributed by atoms with Crippen LogP contribution in [0.2, 0.25) is 0 Å². The first-order chi connectivity index (χ1) is 9.28. The fraction of sp³-hybridized carbons (Fsp3) is 0.188. The third-order valence-corrected chi connectivity index (χ3v) is 3.59. The van der Waals surface area contributed by atoms with Crippen molar-refractivity contribution in [1.29, 1.82) is 5.26 Å². The Balaban J connectivity index is 1.87. The van der Waals surface area contributed by atoms with E-state index in [9.17, 15) is 0 Å². The average molecular weight is 249 g/mol. The third-order valence-electron chi connectivity index (χ3n) is 3.59. The smallest absolute Gasteiger partial charge is 0.0992 e. The second-order valence-corrected chi connectivity index (χ2v) is 4.86. The zero-order chi connectivity index (χ0) is 13.2.